The molecular formula is C28H30N2O3. The first-order valence-corrected chi connectivity index (χ1v) is 11.4. The van der Waals surface area contributed by atoms with Crippen molar-refractivity contribution in [1.29, 1.82) is 0 Å². The summed E-state index contributed by atoms with van der Waals surface area (Å²) >= 11 is 0. The predicted molar refractivity (Wildman–Crippen MR) is 129 cm³/mol. The Morgan fingerprint density at radius 2 is 1.61 bits per heavy atom. The van der Waals surface area contributed by atoms with Crippen LogP contribution < -0.4 is 0 Å². The lowest BCUT2D eigenvalue weighted by molar-refractivity contribution is -0.144. The molecule has 0 saturated carbocycles. The van der Waals surface area contributed by atoms with Gasteiger partial charge in [0.2, 0.25) is 5.89 Å². The zero-order valence-electron chi connectivity index (χ0n) is 19.2. The van der Waals surface area contributed by atoms with Crippen LogP contribution in [0.25, 0.3) is 11.5 Å². The standard InChI is InChI=1S/C28H30N2O3/c1-21-25(29-27(33-21)24-10-4-3-5-11-24)12-8-9-22-13-15-23(16-14-22)17-18-26(28(31)32-2)30-19-6-7-20-30/h3-7,10-11,13-16,19-20,26H,8-9,12,17-18H2,1-2H3/t26-/m0/s1. The first-order chi connectivity index (χ1) is 16.1. The van der Waals surface area contributed by atoms with Gasteiger partial charge in [-0.15, -0.1) is 0 Å². The second kappa shape index (κ2) is 10.8. The summed E-state index contributed by atoms with van der Waals surface area (Å²) in [4.78, 5) is 16.9. The van der Waals surface area contributed by atoms with Crippen LogP contribution in [0, 0.1) is 6.92 Å². The number of carbonyl (C=O) groups excluding carboxylic acids is 1. The highest BCUT2D eigenvalue weighted by molar-refractivity contribution is 5.74. The third kappa shape index (κ3) is 5.80. The molecule has 33 heavy (non-hydrogen) atoms. The smallest absolute Gasteiger partial charge is 0.328 e. The van der Waals surface area contributed by atoms with E-state index in [1.54, 1.807) is 0 Å². The molecule has 0 saturated heterocycles. The van der Waals surface area contributed by atoms with Crippen LogP contribution in [0.1, 0.15) is 41.5 Å². The quantitative estimate of drug-likeness (QED) is 0.284. The van der Waals surface area contributed by atoms with Crippen LogP contribution in [0.2, 0.25) is 0 Å². The molecular weight excluding hydrogens is 412 g/mol. The van der Waals surface area contributed by atoms with E-state index in [4.69, 9.17) is 14.1 Å². The first-order valence-electron chi connectivity index (χ1n) is 11.4. The Bertz CT molecular complexity index is 1150. The van der Waals surface area contributed by atoms with Gasteiger partial charge in [0, 0.05) is 18.0 Å². The third-order valence-corrected chi connectivity index (χ3v) is 5.98. The molecule has 0 N–H and O–H groups in total. The predicted octanol–water partition coefficient (Wildman–Crippen LogP) is 5.97. The van der Waals surface area contributed by atoms with Crippen molar-refractivity contribution in [1.82, 2.24) is 9.55 Å². The number of hydrogen-bond donors (Lipinski definition) is 0. The Balaban J connectivity index is 1.29. The van der Waals surface area contributed by atoms with Gasteiger partial charge in [-0.2, -0.15) is 0 Å². The van der Waals surface area contributed by atoms with Crippen LogP contribution in [0.15, 0.2) is 83.5 Å². The third-order valence-electron chi connectivity index (χ3n) is 5.98. The van der Waals surface area contributed by atoms with E-state index in [-0.39, 0.29) is 12.0 Å². The molecule has 4 aromatic rings. The molecule has 0 radical (unpaired) electrons. The highest BCUT2D eigenvalue weighted by Gasteiger charge is 2.20. The van der Waals surface area contributed by atoms with Crippen molar-refractivity contribution < 1.29 is 13.9 Å². The highest BCUT2D eigenvalue weighted by Crippen LogP contribution is 2.23. The van der Waals surface area contributed by atoms with E-state index in [9.17, 15) is 4.79 Å². The maximum atomic E-state index is 12.2. The summed E-state index contributed by atoms with van der Waals surface area (Å²) < 4.78 is 12.8. The fraction of sp³-hybridized carbons (Fsp3) is 0.286. The Hall–Kier alpha value is -3.60. The number of oxazole rings is 1. The SMILES string of the molecule is COC(=O)[C@H](CCc1ccc(CCCc2nc(-c3ccccc3)oc2C)cc1)n1cccc1. The minimum atomic E-state index is -0.295. The van der Waals surface area contributed by atoms with E-state index >= 15 is 0 Å². The van der Waals surface area contributed by atoms with Crippen LogP contribution in [0.3, 0.4) is 0 Å². The monoisotopic (exact) mass is 442 g/mol. The zero-order valence-corrected chi connectivity index (χ0v) is 19.2. The molecule has 4 rings (SSSR count). The van der Waals surface area contributed by atoms with Gasteiger partial charge in [0.05, 0.1) is 12.8 Å². The molecule has 0 fully saturated rings. The molecule has 2 heterocycles. The Labute approximate surface area is 195 Å². The van der Waals surface area contributed by atoms with Crippen LogP contribution in [0.4, 0.5) is 0 Å². The number of esters is 1. The lowest BCUT2D eigenvalue weighted by Crippen LogP contribution is -2.20. The maximum Gasteiger partial charge on any atom is 0.328 e. The van der Waals surface area contributed by atoms with Gasteiger partial charge in [0.1, 0.15) is 11.8 Å². The number of methoxy groups -OCH3 is 1. The second-order valence-corrected chi connectivity index (χ2v) is 8.27. The number of carbonyl (C=O) groups is 1. The topological polar surface area (TPSA) is 57.3 Å². The fourth-order valence-corrected chi connectivity index (χ4v) is 4.08. The molecule has 1 atom stereocenters. The van der Waals surface area contributed by atoms with Gasteiger partial charge < -0.3 is 13.7 Å². The lowest BCUT2D eigenvalue weighted by Gasteiger charge is -2.16. The number of ether oxygens (including phenoxy) is 1. The molecule has 0 unspecified atom stereocenters. The molecule has 0 bridgehead atoms. The van der Waals surface area contributed by atoms with Crippen molar-refractivity contribution in [3.8, 4) is 11.5 Å². The van der Waals surface area contributed by atoms with Gasteiger partial charge in [0.25, 0.3) is 0 Å². The summed E-state index contributed by atoms with van der Waals surface area (Å²) in [5.74, 6) is 1.38. The highest BCUT2D eigenvalue weighted by atomic mass is 16.5. The molecule has 5 heteroatoms. The number of benzene rings is 2. The molecule has 5 nitrogen and oxygen atoms in total. The van der Waals surface area contributed by atoms with E-state index in [0.717, 1.165) is 42.7 Å². The maximum absolute atomic E-state index is 12.2. The molecule has 170 valence electrons. The van der Waals surface area contributed by atoms with Crippen molar-refractivity contribution in [3.05, 3.63) is 102 Å². The van der Waals surface area contributed by atoms with Crippen molar-refractivity contribution in [2.45, 2.75) is 45.1 Å². The first kappa shape index (κ1) is 22.6. The number of aryl methyl sites for hydroxylation is 4. The molecule has 0 aliphatic heterocycles. The van der Waals surface area contributed by atoms with Crippen molar-refractivity contribution >= 4 is 5.97 Å². The lowest BCUT2D eigenvalue weighted by atomic mass is 10.0. The van der Waals surface area contributed by atoms with Crippen molar-refractivity contribution in [2.24, 2.45) is 0 Å². The van der Waals surface area contributed by atoms with E-state index in [1.165, 1.54) is 18.2 Å². The van der Waals surface area contributed by atoms with Gasteiger partial charge in [-0.05, 0) is 74.4 Å². The number of hydrogen-bond acceptors (Lipinski definition) is 4. The van der Waals surface area contributed by atoms with Crippen molar-refractivity contribution in [3.63, 3.8) is 0 Å². The van der Waals surface area contributed by atoms with Crippen LogP contribution >= 0.6 is 0 Å². The zero-order chi connectivity index (χ0) is 23.0. The number of rotatable bonds is 10. The normalized spacial score (nSPS) is 11.9. The number of nitrogens with zero attached hydrogens (tertiary/aromatic N) is 2. The van der Waals surface area contributed by atoms with E-state index in [1.807, 2.05) is 66.3 Å². The van der Waals surface area contributed by atoms with E-state index in [2.05, 4.69) is 24.3 Å². The number of aromatic nitrogens is 2. The molecule has 2 aromatic heterocycles. The molecule has 0 aliphatic rings. The summed E-state index contributed by atoms with van der Waals surface area (Å²) in [6.45, 7) is 1.99. The van der Waals surface area contributed by atoms with Crippen LogP contribution in [0.5, 0.6) is 0 Å². The average Bonchev–Trinajstić information content (AvgIpc) is 3.51. The molecule has 0 aliphatic carbocycles. The Kier molecular flexibility index (Phi) is 7.40. The summed E-state index contributed by atoms with van der Waals surface area (Å²) in [5, 5.41) is 0. The largest absolute Gasteiger partial charge is 0.467 e. The van der Waals surface area contributed by atoms with Gasteiger partial charge in [-0.1, -0.05) is 42.5 Å². The summed E-state index contributed by atoms with van der Waals surface area (Å²) in [5.41, 5.74) is 4.57. The van der Waals surface area contributed by atoms with E-state index in [0.29, 0.717) is 12.3 Å². The van der Waals surface area contributed by atoms with Gasteiger partial charge >= 0.3 is 5.97 Å². The van der Waals surface area contributed by atoms with Gasteiger partial charge in [-0.25, -0.2) is 9.78 Å². The molecule has 0 amide bonds. The molecule has 2 aromatic carbocycles. The summed E-state index contributed by atoms with van der Waals surface area (Å²) in [6.07, 6.45) is 8.23. The second-order valence-electron chi connectivity index (χ2n) is 8.27. The van der Waals surface area contributed by atoms with Crippen LogP contribution in [-0.2, 0) is 28.8 Å². The Morgan fingerprint density at radius 3 is 2.27 bits per heavy atom. The van der Waals surface area contributed by atoms with E-state index < -0.39 is 0 Å². The minimum Gasteiger partial charge on any atom is -0.467 e. The van der Waals surface area contributed by atoms with Gasteiger partial charge in [0.15, 0.2) is 0 Å². The van der Waals surface area contributed by atoms with Crippen molar-refractivity contribution in [2.75, 3.05) is 7.11 Å². The average molecular weight is 443 g/mol. The minimum absolute atomic E-state index is 0.207. The summed E-state index contributed by atoms with van der Waals surface area (Å²) in [6, 6.07) is 22.3. The fourth-order valence-electron chi connectivity index (χ4n) is 4.08. The van der Waals surface area contributed by atoms with Gasteiger partial charge in [-0.3, -0.25) is 0 Å². The van der Waals surface area contributed by atoms with Crippen LogP contribution in [-0.4, -0.2) is 22.6 Å². The molecule has 0 spiro atoms. The Morgan fingerprint density at radius 1 is 0.939 bits per heavy atom. The summed E-state index contributed by atoms with van der Waals surface area (Å²) in [7, 11) is 1.44.